The van der Waals surface area contributed by atoms with E-state index in [-0.39, 0.29) is 28.5 Å². The number of carbonyl (C=O) groups excluding carboxylic acids is 1. The minimum Gasteiger partial charge on any atom is -0.476 e. The van der Waals surface area contributed by atoms with Crippen molar-refractivity contribution in [1.82, 2.24) is 9.78 Å². The molecule has 0 bridgehead atoms. The van der Waals surface area contributed by atoms with Crippen molar-refractivity contribution >= 4 is 22.7 Å². The van der Waals surface area contributed by atoms with E-state index in [0.717, 1.165) is 23.9 Å². The van der Waals surface area contributed by atoms with Crippen LogP contribution in [0.15, 0.2) is 29.1 Å². The molecule has 1 saturated carbocycles. The van der Waals surface area contributed by atoms with Gasteiger partial charge in [0.1, 0.15) is 12.6 Å². The lowest BCUT2D eigenvalue weighted by Crippen LogP contribution is -2.38. The van der Waals surface area contributed by atoms with Gasteiger partial charge < -0.3 is 9.84 Å². The number of carboxylic acid groups (broad SMARTS) is 1. The summed E-state index contributed by atoms with van der Waals surface area (Å²) in [6.45, 7) is 5.98. The normalized spacial score (nSPS) is 22.4. The minimum atomic E-state index is -1.25. The maximum Gasteiger partial charge on any atom is 0.357 e. The van der Waals surface area contributed by atoms with Crippen LogP contribution < -0.4 is 5.56 Å². The number of nitrogens with zero attached hydrogens (tertiary/aromatic N) is 2. The number of hydrogen-bond donors (Lipinski definition) is 1. The number of esters is 1. The van der Waals surface area contributed by atoms with E-state index in [1.54, 1.807) is 12.1 Å². The van der Waals surface area contributed by atoms with Crippen molar-refractivity contribution in [2.24, 2.45) is 17.8 Å². The van der Waals surface area contributed by atoms with Crippen molar-refractivity contribution in [2.45, 2.75) is 52.7 Å². The average molecular weight is 386 g/mol. The van der Waals surface area contributed by atoms with Crippen LogP contribution in [-0.2, 0) is 16.1 Å². The molecule has 7 nitrogen and oxygen atoms in total. The van der Waals surface area contributed by atoms with Crippen LogP contribution in [0.5, 0.6) is 0 Å². The number of rotatable bonds is 5. The Labute approximate surface area is 163 Å². The third-order valence-corrected chi connectivity index (χ3v) is 5.59. The second kappa shape index (κ2) is 8.12. The first-order valence-corrected chi connectivity index (χ1v) is 9.70. The molecule has 0 aliphatic heterocycles. The predicted octanol–water partition coefficient (Wildman–Crippen LogP) is 3.10. The second-order valence-electron chi connectivity index (χ2n) is 8.02. The molecule has 3 atom stereocenters. The first-order valence-electron chi connectivity index (χ1n) is 9.70. The van der Waals surface area contributed by atoms with Crippen LogP contribution >= 0.6 is 0 Å². The van der Waals surface area contributed by atoms with Crippen LogP contribution in [0.25, 0.3) is 10.8 Å². The van der Waals surface area contributed by atoms with E-state index in [1.807, 2.05) is 0 Å². The molecule has 150 valence electrons. The van der Waals surface area contributed by atoms with Gasteiger partial charge in [0, 0.05) is 5.39 Å². The van der Waals surface area contributed by atoms with Crippen LogP contribution in [0, 0.1) is 17.8 Å². The smallest absolute Gasteiger partial charge is 0.357 e. The van der Waals surface area contributed by atoms with E-state index in [2.05, 4.69) is 25.9 Å². The molecule has 1 aromatic carbocycles. The lowest BCUT2D eigenvalue weighted by atomic mass is 9.75. The third-order valence-electron chi connectivity index (χ3n) is 5.59. The Hall–Kier alpha value is -2.70. The lowest BCUT2D eigenvalue weighted by molar-refractivity contribution is -0.157. The molecule has 7 heteroatoms. The Kier molecular flexibility index (Phi) is 5.82. The van der Waals surface area contributed by atoms with Crippen molar-refractivity contribution in [2.75, 3.05) is 0 Å². The van der Waals surface area contributed by atoms with Gasteiger partial charge in [-0.3, -0.25) is 9.59 Å². The number of fused-ring (bicyclic) bond motifs is 1. The van der Waals surface area contributed by atoms with Crippen LogP contribution in [-0.4, -0.2) is 32.9 Å². The zero-order valence-electron chi connectivity index (χ0n) is 16.4. The van der Waals surface area contributed by atoms with E-state index in [0.29, 0.717) is 11.8 Å². The zero-order valence-corrected chi connectivity index (χ0v) is 16.4. The Bertz CT molecular complexity index is 949. The summed E-state index contributed by atoms with van der Waals surface area (Å²) in [7, 11) is 0. The highest BCUT2D eigenvalue weighted by molar-refractivity contribution is 6.01. The summed E-state index contributed by atoms with van der Waals surface area (Å²) in [4.78, 5) is 36.8. The molecule has 0 radical (unpaired) electrons. The van der Waals surface area contributed by atoms with Gasteiger partial charge in [0.2, 0.25) is 0 Å². The fraction of sp³-hybridized carbons (Fsp3) is 0.524. The molecular formula is C21H26N2O5. The van der Waals surface area contributed by atoms with Crippen molar-refractivity contribution in [3.05, 3.63) is 40.3 Å². The topological polar surface area (TPSA) is 98.5 Å². The molecule has 0 spiro atoms. The van der Waals surface area contributed by atoms with Crippen molar-refractivity contribution in [3.8, 4) is 0 Å². The van der Waals surface area contributed by atoms with Gasteiger partial charge in [0.15, 0.2) is 5.69 Å². The molecule has 2 aromatic rings. The standard InChI is InChI=1S/C21H26N2O5/c1-12(2)14-9-8-13(3)10-17(14)28-18(24)11-23-20(25)16-7-5-4-6-15(16)19(22-23)21(26)27/h4-7,12-14,17H,8-11H2,1-3H3,(H,26,27)/t13-,14-,17+/m0/s1. The summed E-state index contributed by atoms with van der Waals surface area (Å²) in [5, 5.41) is 13.8. The van der Waals surface area contributed by atoms with Gasteiger partial charge in [0.25, 0.3) is 5.56 Å². The molecule has 3 rings (SSSR count). The summed E-state index contributed by atoms with van der Waals surface area (Å²) in [6.07, 6.45) is 2.74. The first kappa shape index (κ1) is 20.0. The van der Waals surface area contributed by atoms with Gasteiger partial charge in [-0.15, -0.1) is 0 Å². The molecule has 0 amide bonds. The summed E-state index contributed by atoms with van der Waals surface area (Å²) < 4.78 is 6.61. The fourth-order valence-electron chi connectivity index (χ4n) is 4.08. The van der Waals surface area contributed by atoms with Gasteiger partial charge in [-0.25, -0.2) is 9.48 Å². The van der Waals surface area contributed by atoms with Crippen molar-refractivity contribution in [3.63, 3.8) is 0 Å². The first-order chi connectivity index (χ1) is 13.3. The van der Waals surface area contributed by atoms with Gasteiger partial charge in [-0.05, 0) is 36.7 Å². The van der Waals surface area contributed by atoms with Crippen LogP contribution in [0.3, 0.4) is 0 Å². The molecule has 0 saturated heterocycles. The number of hydrogen-bond acceptors (Lipinski definition) is 5. The molecule has 1 heterocycles. The van der Waals surface area contributed by atoms with E-state index in [4.69, 9.17) is 4.74 Å². The molecule has 0 unspecified atom stereocenters. The third kappa shape index (κ3) is 4.08. The quantitative estimate of drug-likeness (QED) is 0.793. The Morgan fingerprint density at radius 3 is 2.57 bits per heavy atom. The number of aromatic nitrogens is 2. The molecule has 1 aromatic heterocycles. The van der Waals surface area contributed by atoms with Crippen molar-refractivity contribution < 1.29 is 19.4 Å². The zero-order chi connectivity index (χ0) is 20.4. The van der Waals surface area contributed by atoms with E-state index in [1.165, 1.54) is 12.1 Å². The Morgan fingerprint density at radius 1 is 1.25 bits per heavy atom. The van der Waals surface area contributed by atoms with Gasteiger partial charge in [0.05, 0.1) is 5.39 Å². The van der Waals surface area contributed by atoms with Crippen LogP contribution in [0.4, 0.5) is 0 Å². The maximum atomic E-state index is 12.7. The van der Waals surface area contributed by atoms with Crippen LogP contribution in [0.1, 0.15) is 50.5 Å². The number of benzene rings is 1. The number of carboxylic acids is 1. The highest BCUT2D eigenvalue weighted by Gasteiger charge is 2.33. The predicted molar refractivity (Wildman–Crippen MR) is 104 cm³/mol. The van der Waals surface area contributed by atoms with Gasteiger partial charge >= 0.3 is 11.9 Å². The van der Waals surface area contributed by atoms with Crippen LogP contribution in [0.2, 0.25) is 0 Å². The molecule has 1 aliphatic carbocycles. The monoisotopic (exact) mass is 386 g/mol. The lowest BCUT2D eigenvalue weighted by Gasteiger charge is -2.36. The van der Waals surface area contributed by atoms with Crippen molar-refractivity contribution in [1.29, 1.82) is 0 Å². The highest BCUT2D eigenvalue weighted by Crippen LogP contribution is 2.35. The fourth-order valence-corrected chi connectivity index (χ4v) is 4.08. The van der Waals surface area contributed by atoms with Gasteiger partial charge in [-0.2, -0.15) is 5.10 Å². The maximum absolute atomic E-state index is 12.7. The Morgan fingerprint density at radius 2 is 1.93 bits per heavy atom. The summed E-state index contributed by atoms with van der Waals surface area (Å²) >= 11 is 0. The molecule has 1 aliphatic rings. The molecule has 1 fully saturated rings. The van der Waals surface area contributed by atoms with E-state index >= 15 is 0 Å². The number of ether oxygens (including phenoxy) is 1. The number of aromatic carboxylic acids is 1. The molecule has 1 N–H and O–H groups in total. The Balaban J connectivity index is 1.86. The van der Waals surface area contributed by atoms with E-state index < -0.39 is 24.0 Å². The van der Waals surface area contributed by atoms with Gasteiger partial charge in [-0.1, -0.05) is 45.4 Å². The highest BCUT2D eigenvalue weighted by atomic mass is 16.5. The molecular weight excluding hydrogens is 360 g/mol. The molecule has 28 heavy (non-hydrogen) atoms. The minimum absolute atomic E-state index is 0.189. The largest absolute Gasteiger partial charge is 0.476 e. The van der Waals surface area contributed by atoms with E-state index in [9.17, 15) is 19.5 Å². The second-order valence-corrected chi connectivity index (χ2v) is 8.02. The SMILES string of the molecule is CC(C)[C@@H]1CC[C@H](C)C[C@H]1OC(=O)Cn1nc(C(=O)O)c2ccccc2c1=O. The summed E-state index contributed by atoms with van der Waals surface area (Å²) in [5.41, 5.74) is -0.760. The number of carbonyl (C=O) groups is 2. The average Bonchev–Trinajstić information content (AvgIpc) is 2.63. The summed E-state index contributed by atoms with van der Waals surface area (Å²) in [5.74, 6) is -0.653. The summed E-state index contributed by atoms with van der Waals surface area (Å²) in [6, 6.07) is 6.36.